The molecule has 0 radical (unpaired) electrons. The summed E-state index contributed by atoms with van der Waals surface area (Å²) in [5.41, 5.74) is 1.02. The first-order valence-electron chi connectivity index (χ1n) is 9.75. The van der Waals surface area contributed by atoms with Crippen LogP contribution in [0.15, 0.2) is 76.1 Å². The van der Waals surface area contributed by atoms with E-state index < -0.39 is 22.5 Å². The van der Waals surface area contributed by atoms with Crippen LogP contribution < -0.4 is 14.8 Å². The smallest absolute Gasteiger partial charge is 0.243 e. The maximum atomic E-state index is 13.4. The third kappa shape index (κ3) is 6.26. The predicted octanol–water partition coefficient (Wildman–Crippen LogP) is 4.95. The van der Waals surface area contributed by atoms with Crippen molar-refractivity contribution in [1.29, 1.82) is 0 Å². The fourth-order valence-corrected chi connectivity index (χ4v) is 4.91. The minimum absolute atomic E-state index is 0.0664. The summed E-state index contributed by atoms with van der Waals surface area (Å²) < 4.78 is 39.0. The number of anilines is 1. The molecule has 33 heavy (non-hydrogen) atoms. The molecule has 0 atom stereocenters. The summed E-state index contributed by atoms with van der Waals surface area (Å²) in [6, 6.07) is 18.0. The lowest BCUT2D eigenvalue weighted by Gasteiger charge is -2.22. The number of amides is 1. The van der Waals surface area contributed by atoms with Gasteiger partial charge in [0, 0.05) is 27.8 Å². The lowest BCUT2D eigenvalue weighted by molar-refractivity contribution is -0.116. The van der Waals surface area contributed by atoms with Crippen LogP contribution in [0.5, 0.6) is 11.5 Å². The van der Waals surface area contributed by atoms with Gasteiger partial charge < -0.3 is 14.8 Å². The molecule has 0 aromatic heterocycles. The Morgan fingerprint density at radius 2 is 1.67 bits per heavy atom. The van der Waals surface area contributed by atoms with Crippen molar-refractivity contribution in [3.8, 4) is 11.5 Å². The van der Waals surface area contributed by atoms with Gasteiger partial charge in [-0.3, -0.25) is 4.79 Å². The molecule has 174 valence electrons. The van der Waals surface area contributed by atoms with E-state index in [1.54, 1.807) is 54.6 Å². The molecule has 0 spiro atoms. The second kappa shape index (κ2) is 11.0. The number of sulfonamides is 1. The fourth-order valence-electron chi connectivity index (χ4n) is 3.07. The van der Waals surface area contributed by atoms with Gasteiger partial charge in [-0.05, 0) is 48.0 Å². The maximum Gasteiger partial charge on any atom is 0.243 e. The van der Waals surface area contributed by atoms with Crippen LogP contribution in [-0.2, 0) is 21.4 Å². The van der Waals surface area contributed by atoms with Crippen LogP contribution in [0.25, 0.3) is 0 Å². The molecule has 1 N–H and O–H groups in total. The van der Waals surface area contributed by atoms with Crippen molar-refractivity contribution in [1.82, 2.24) is 4.31 Å². The largest absolute Gasteiger partial charge is 0.493 e. The van der Waals surface area contributed by atoms with E-state index in [0.29, 0.717) is 27.8 Å². The number of ether oxygens (including phenoxy) is 2. The minimum Gasteiger partial charge on any atom is -0.493 e. The SMILES string of the molecule is COc1ccc(NC(=O)CN(Cc2ccccc2Cl)S(=O)(=O)c2ccc(Br)cc2)cc1OC. The summed E-state index contributed by atoms with van der Waals surface area (Å²) in [7, 11) is -1.000. The van der Waals surface area contributed by atoms with E-state index in [2.05, 4.69) is 21.2 Å². The quantitative estimate of drug-likeness (QED) is 0.405. The number of nitrogens with zero attached hydrogens (tertiary/aromatic N) is 1. The van der Waals surface area contributed by atoms with E-state index in [1.165, 1.54) is 26.4 Å². The van der Waals surface area contributed by atoms with Crippen LogP contribution in [0.4, 0.5) is 5.69 Å². The Morgan fingerprint density at radius 3 is 2.30 bits per heavy atom. The molecule has 3 aromatic carbocycles. The first kappa shape index (κ1) is 25.0. The van der Waals surface area contributed by atoms with Gasteiger partial charge in [-0.15, -0.1) is 0 Å². The molecule has 7 nitrogen and oxygen atoms in total. The Labute approximate surface area is 206 Å². The monoisotopic (exact) mass is 552 g/mol. The number of hydrogen-bond donors (Lipinski definition) is 1. The molecule has 3 rings (SSSR count). The number of carbonyl (C=O) groups is 1. The molecule has 0 aliphatic rings. The molecule has 1 amide bonds. The molecule has 0 saturated heterocycles. The van der Waals surface area contributed by atoms with Crippen LogP contribution in [0.1, 0.15) is 5.56 Å². The number of rotatable bonds is 9. The lowest BCUT2D eigenvalue weighted by Crippen LogP contribution is -2.37. The predicted molar refractivity (Wildman–Crippen MR) is 131 cm³/mol. The van der Waals surface area contributed by atoms with Crippen LogP contribution in [0.2, 0.25) is 5.02 Å². The molecule has 10 heteroatoms. The molecular formula is C23H22BrClN2O5S. The van der Waals surface area contributed by atoms with Crippen molar-refractivity contribution in [2.45, 2.75) is 11.4 Å². The van der Waals surface area contributed by atoms with Gasteiger partial charge in [0.15, 0.2) is 11.5 Å². The molecule has 0 fully saturated rings. The van der Waals surface area contributed by atoms with E-state index in [0.717, 1.165) is 8.78 Å². The second-order valence-corrected chi connectivity index (χ2v) is 10.2. The van der Waals surface area contributed by atoms with Gasteiger partial charge in [0.25, 0.3) is 0 Å². The van der Waals surface area contributed by atoms with Gasteiger partial charge in [-0.2, -0.15) is 4.31 Å². The Kier molecular flexibility index (Phi) is 8.36. The average Bonchev–Trinajstić information content (AvgIpc) is 2.80. The highest BCUT2D eigenvalue weighted by Crippen LogP contribution is 2.30. The first-order chi connectivity index (χ1) is 15.7. The van der Waals surface area contributed by atoms with E-state index >= 15 is 0 Å². The second-order valence-electron chi connectivity index (χ2n) is 6.94. The highest BCUT2D eigenvalue weighted by Gasteiger charge is 2.27. The average molecular weight is 554 g/mol. The Hall–Kier alpha value is -2.59. The number of carbonyl (C=O) groups excluding carboxylic acids is 1. The minimum atomic E-state index is -4.00. The molecule has 0 aliphatic carbocycles. The molecule has 0 unspecified atom stereocenters. The molecule has 0 saturated carbocycles. The lowest BCUT2D eigenvalue weighted by atomic mass is 10.2. The zero-order valence-corrected chi connectivity index (χ0v) is 21.1. The standard InChI is InChI=1S/C23H22BrClN2O5S/c1-31-21-12-9-18(13-22(21)32-2)26-23(28)15-27(14-16-5-3-4-6-20(16)25)33(29,30)19-10-7-17(24)8-11-19/h3-13H,14-15H2,1-2H3,(H,26,28). The molecule has 0 heterocycles. The van der Waals surface area contributed by atoms with Gasteiger partial charge in [0.2, 0.25) is 15.9 Å². The van der Waals surface area contributed by atoms with Crippen LogP contribution in [0.3, 0.4) is 0 Å². The summed E-state index contributed by atoms with van der Waals surface area (Å²) in [6.45, 7) is -0.491. The molecular weight excluding hydrogens is 532 g/mol. The highest BCUT2D eigenvalue weighted by molar-refractivity contribution is 9.10. The number of nitrogens with one attached hydrogen (secondary N) is 1. The van der Waals surface area contributed by atoms with Gasteiger partial charge in [0.05, 0.1) is 25.7 Å². The zero-order chi connectivity index (χ0) is 24.0. The summed E-state index contributed by atoms with van der Waals surface area (Å²) in [4.78, 5) is 12.9. The van der Waals surface area contributed by atoms with Crippen LogP contribution in [-0.4, -0.2) is 39.4 Å². The van der Waals surface area contributed by atoms with Gasteiger partial charge in [0.1, 0.15) is 0 Å². The van der Waals surface area contributed by atoms with Gasteiger partial charge in [-0.25, -0.2) is 8.42 Å². The van der Waals surface area contributed by atoms with Crippen molar-refractivity contribution in [2.75, 3.05) is 26.1 Å². The van der Waals surface area contributed by atoms with Crippen molar-refractivity contribution in [3.63, 3.8) is 0 Å². The van der Waals surface area contributed by atoms with Gasteiger partial charge >= 0.3 is 0 Å². The fraction of sp³-hybridized carbons (Fsp3) is 0.174. The van der Waals surface area contributed by atoms with E-state index in [4.69, 9.17) is 21.1 Å². The Bertz CT molecular complexity index is 1240. The van der Waals surface area contributed by atoms with Crippen molar-refractivity contribution >= 4 is 49.1 Å². The summed E-state index contributed by atoms with van der Waals surface area (Å²) >= 11 is 9.56. The topological polar surface area (TPSA) is 84.9 Å². The third-order valence-electron chi connectivity index (χ3n) is 4.74. The van der Waals surface area contributed by atoms with Crippen molar-refractivity contribution in [2.24, 2.45) is 0 Å². The molecule has 3 aromatic rings. The van der Waals surface area contributed by atoms with E-state index in [-0.39, 0.29) is 11.4 Å². The normalized spacial score (nSPS) is 11.3. The van der Waals surface area contributed by atoms with E-state index in [1.807, 2.05) is 0 Å². The number of methoxy groups -OCH3 is 2. The van der Waals surface area contributed by atoms with Crippen molar-refractivity contribution < 1.29 is 22.7 Å². The highest BCUT2D eigenvalue weighted by atomic mass is 79.9. The van der Waals surface area contributed by atoms with Crippen LogP contribution in [0, 0.1) is 0 Å². The summed E-state index contributed by atoms with van der Waals surface area (Å²) in [5.74, 6) is 0.425. The number of benzene rings is 3. The Morgan fingerprint density at radius 1 is 1.00 bits per heavy atom. The van der Waals surface area contributed by atoms with E-state index in [9.17, 15) is 13.2 Å². The third-order valence-corrected chi connectivity index (χ3v) is 7.45. The molecule has 0 bridgehead atoms. The summed E-state index contributed by atoms with van der Waals surface area (Å²) in [5, 5.41) is 3.12. The number of halogens is 2. The van der Waals surface area contributed by atoms with Crippen molar-refractivity contribution in [3.05, 3.63) is 81.8 Å². The van der Waals surface area contributed by atoms with Crippen LogP contribution >= 0.6 is 27.5 Å². The summed E-state index contributed by atoms with van der Waals surface area (Å²) in [6.07, 6.45) is 0. The maximum absolute atomic E-state index is 13.4. The Balaban J connectivity index is 1.88. The van der Waals surface area contributed by atoms with Gasteiger partial charge in [-0.1, -0.05) is 45.7 Å². The molecule has 0 aliphatic heterocycles. The zero-order valence-electron chi connectivity index (χ0n) is 17.9. The first-order valence-corrected chi connectivity index (χ1v) is 12.4. The number of hydrogen-bond acceptors (Lipinski definition) is 5.